The van der Waals surface area contributed by atoms with Gasteiger partial charge in [-0.05, 0) is 12.1 Å². The van der Waals surface area contributed by atoms with E-state index in [-0.39, 0.29) is 0 Å². The highest BCUT2D eigenvalue weighted by atomic mass is 16.3. The van der Waals surface area contributed by atoms with Crippen LogP contribution in [0.15, 0.2) is 35.5 Å². The second-order valence-corrected chi connectivity index (χ2v) is 1.95. The number of amides is 1. The molecule has 0 aromatic heterocycles. The normalized spacial score (nSPS) is 7.75. The van der Waals surface area contributed by atoms with Gasteiger partial charge in [-0.2, -0.15) is 0 Å². The molecular formula is C8H9NO3. The molecule has 0 unspecified atom stereocenters. The lowest BCUT2D eigenvalue weighted by Crippen LogP contribution is -1.74. The highest BCUT2D eigenvalue weighted by Gasteiger charge is 1.77. The van der Waals surface area contributed by atoms with Crippen LogP contribution in [0.3, 0.4) is 0 Å². The zero-order chi connectivity index (χ0) is 9.40. The van der Waals surface area contributed by atoms with E-state index >= 15 is 0 Å². The maximum Gasteiger partial charge on any atom is 0.283 e. The number of carbonyl (C=O) groups excluding carboxylic acids is 1. The second-order valence-electron chi connectivity index (χ2n) is 1.95. The van der Waals surface area contributed by atoms with E-state index in [2.05, 4.69) is 0 Å². The van der Waals surface area contributed by atoms with Crippen LogP contribution in [-0.2, 0) is 4.79 Å². The molecule has 1 N–H and O–H groups in total. The first-order valence-corrected chi connectivity index (χ1v) is 3.24. The summed E-state index contributed by atoms with van der Waals surface area (Å²) in [6.07, 6.45) is 0. The van der Waals surface area contributed by atoms with Crippen molar-refractivity contribution in [2.75, 3.05) is 0 Å². The molecule has 0 saturated carbocycles. The first-order valence-electron chi connectivity index (χ1n) is 3.24. The van der Waals surface area contributed by atoms with Gasteiger partial charge in [0.25, 0.3) is 5.91 Å². The highest BCUT2D eigenvalue weighted by Crippen LogP contribution is 2.02. The standard InChI is InChI=1S/C6H6O.C2H3NO2/c7-6-4-2-1-3-5-6;1-2(4)3-5/h1-5,7H;1H3. The topological polar surface area (TPSA) is 66.7 Å². The zero-order valence-electron chi connectivity index (χ0n) is 6.60. The molecule has 0 radical (unpaired) electrons. The summed E-state index contributed by atoms with van der Waals surface area (Å²) in [7, 11) is 0. The van der Waals surface area contributed by atoms with Crippen LogP contribution in [0.1, 0.15) is 6.92 Å². The molecule has 0 bridgehead atoms. The van der Waals surface area contributed by atoms with E-state index in [0.29, 0.717) is 5.75 Å². The van der Waals surface area contributed by atoms with Crippen LogP contribution in [0.5, 0.6) is 5.75 Å². The Morgan fingerprint density at radius 3 is 1.92 bits per heavy atom. The average molecular weight is 167 g/mol. The Hall–Kier alpha value is -1.71. The Morgan fingerprint density at radius 1 is 1.33 bits per heavy atom. The van der Waals surface area contributed by atoms with Crippen molar-refractivity contribution < 1.29 is 9.90 Å². The predicted molar refractivity (Wildman–Crippen MR) is 44.6 cm³/mol. The molecule has 0 saturated heterocycles. The molecule has 0 aliphatic rings. The van der Waals surface area contributed by atoms with Crippen LogP contribution >= 0.6 is 0 Å². The molecule has 1 rings (SSSR count). The minimum Gasteiger partial charge on any atom is -0.508 e. The van der Waals surface area contributed by atoms with Gasteiger partial charge in [0.2, 0.25) is 0 Å². The largest absolute Gasteiger partial charge is 0.508 e. The van der Waals surface area contributed by atoms with Gasteiger partial charge < -0.3 is 5.11 Å². The van der Waals surface area contributed by atoms with Crippen LogP contribution in [0.2, 0.25) is 0 Å². The van der Waals surface area contributed by atoms with E-state index in [1.165, 1.54) is 0 Å². The minimum absolute atomic E-state index is 0.322. The van der Waals surface area contributed by atoms with Crippen LogP contribution < -0.4 is 0 Å². The Bertz CT molecular complexity index is 246. The summed E-state index contributed by atoms with van der Waals surface area (Å²) in [6, 6.07) is 8.71. The van der Waals surface area contributed by atoms with Crippen LogP contribution in [0, 0.1) is 4.91 Å². The number of phenolic OH excluding ortho intramolecular Hbond substituents is 1. The van der Waals surface area contributed by atoms with Crippen molar-refractivity contribution in [2.45, 2.75) is 6.92 Å². The second kappa shape index (κ2) is 6.03. The summed E-state index contributed by atoms with van der Waals surface area (Å²) in [6.45, 7) is 1.10. The molecule has 0 fully saturated rings. The first kappa shape index (κ1) is 10.3. The van der Waals surface area contributed by atoms with Crippen LogP contribution in [-0.4, -0.2) is 11.0 Å². The number of nitrogens with zero attached hydrogens (tertiary/aromatic N) is 1. The maximum atomic E-state index is 9.33. The monoisotopic (exact) mass is 167 g/mol. The molecular weight excluding hydrogens is 158 g/mol. The number of hydrogen-bond donors (Lipinski definition) is 1. The van der Waals surface area contributed by atoms with Gasteiger partial charge in [0.1, 0.15) is 5.75 Å². The number of para-hydroxylation sites is 1. The van der Waals surface area contributed by atoms with E-state index in [1.807, 2.05) is 11.2 Å². The van der Waals surface area contributed by atoms with Crippen LogP contribution in [0.25, 0.3) is 0 Å². The van der Waals surface area contributed by atoms with E-state index in [9.17, 15) is 4.79 Å². The fourth-order valence-corrected chi connectivity index (χ4v) is 0.428. The first-order chi connectivity index (χ1) is 5.66. The van der Waals surface area contributed by atoms with Gasteiger partial charge in [0.15, 0.2) is 0 Å². The smallest absolute Gasteiger partial charge is 0.283 e. The number of phenols is 1. The van der Waals surface area contributed by atoms with Gasteiger partial charge in [-0.15, -0.1) is 4.91 Å². The quantitative estimate of drug-likeness (QED) is 0.598. The van der Waals surface area contributed by atoms with Crippen molar-refractivity contribution in [2.24, 2.45) is 5.18 Å². The Balaban J connectivity index is 0.000000217. The van der Waals surface area contributed by atoms with E-state index < -0.39 is 5.91 Å². The average Bonchev–Trinajstić information content (AvgIpc) is 2.07. The zero-order valence-corrected chi connectivity index (χ0v) is 6.60. The van der Waals surface area contributed by atoms with E-state index in [0.717, 1.165) is 6.92 Å². The molecule has 4 heteroatoms. The number of benzene rings is 1. The number of rotatable bonds is 0. The van der Waals surface area contributed by atoms with Gasteiger partial charge in [-0.1, -0.05) is 18.2 Å². The Kier molecular flexibility index (Phi) is 5.17. The number of carbonyl (C=O) groups is 1. The van der Waals surface area contributed by atoms with Crippen LogP contribution in [0.4, 0.5) is 0 Å². The van der Waals surface area contributed by atoms with Crippen molar-refractivity contribution in [3.63, 3.8) is 0 Å². The number of hydrogen-bond acceptors (Lipinski definition) is 3. The molecule has 0 aliphatic carbocycles. The minimum atomic E-state index is -0.676. The molecule has 1 aromatic rings. The van der Waals surface area contributed by atoms with Crippen molar-refractivity contribution in [1.82, 2.24) is 0 Å². The van der Waals surface area contributed by atoms with Gasteiger partial charge in [0, 0.05) is 12.1 Å². The third kappa shape index (κ3) is 6.41. The molecule has 1 amide bonds. The summed E-state index contributed by atoms with van der Waals surface area (Å²) >= 11 is 0. The van der Waals surface area contributed by atoms with E-state index in [4.69, 9.17) is 10.0 Å². The number of nitroso groups, excluding NO2 is 1. The highest BCUT2D eigenvalue weighted by molar-refractivity contribution is 5.73. The fraction of sp³-hybridized carbons (Fsp3) is 0.125. The summed E-state index contributed by atoms with van der Waals surface area (Å²) in [4.78, 5) is 18.2. The van der Waals surface area contributed by atoms with Gasteiger partial charge in [-0.3, -0.25) is 4.79 Å². The number of aromatic hydroxyl groups is 1. The van der Waals surface area contributed by atoms with Gasteiger partial charge in [-0.25, -0.2) is 0 Å². The third-order valence-corrected chi connectivity index (χ3v) is 0.885. The summed E-state index contributed by atoms with van der Waals surface area (Å²) in [5, 5.41) is 10.6. The lowest BCUT2D eigenvalue weighted by Gasteiger charge is -1.82. The Morgan fingerprint density at radius 2 is 1.75 bits per heavy atom. The van der Waals surface area contributed by atoms with Gasteiger partial charge >= 0.3 is 0 Å². The lowest BCUT2D eigenvalue weighted by molar-refractivity contribution is -0.115. The molecule has 12 heavy (non-hydrogen) atoms. The van der Waals surface area contributed by atoms with Crippen molar-refractivity contribution in [3.8, 4) is 5.75 Å². The van der Waals surface area contributed by atoms with Crippen molar-refractivity contribution in [3.05, 3.63) is 35.2 Å². The SMILES string of the molecule is CC(=O)N=O.Oc1ccccc1. The lowest BCUT2D eigenvalue weighted by atomic mass is 10.3. The third-order valence-electron chi connectivity index (χ3n) is 0.885. The molecule has 0 atom stereocenters. The summed E-state index contributed by atoms with van der Waals surface area (Å²) in [5.74, 6) is -0.354. The fourth-order valence-electron chi connectivity index (χ4n) is 0.428. The maximum absolute atomic E-state index is 9.33. The molecule has 64 valence electrons. The summed E-state index contributed by atoms with van der Waals surface area (Å²) < 4.78 is 0. The molecule has 0 heterocycles. The van der Waals surface area contributed by atoms with E-state index in [1.54, 1.807) is 24.3 Å². The molecule has 0 aliphatic heterocycles. The molecule has 1 aromatic carbocycles. The molecule has 0 spiro atoms. The van der Waals surface area contributed by atoms with Crippen molar-refractivity contribution in [1.29, 1.82) is 0 Å². The van der Waals surface area contributed by atoms with Crippen molar-refractivity contribution >= 4 is 5.91 Å². The summed E-state index contributed by atoms with van der Waals surface area (Å²) in [5.41, 5.74) is 0. The molecule has 4 nitrogen and oxygen atoms in total. The Labute approximate surface area is 69.8 Å². The predicted octanol–water partition coefficient (Wildman–Crippen LogP) is 1.69. The van der Waals surface area contributed by atoms with Gasteiger partial charge in [0.05, 0.1) is 0 Å².